The Morgan fingerprint density at radius 1 is 1.03 bits per heavy atom. The quantitative estimate of drug-likeness (QED) is 0.629. The molecule has 1 aliphatic rings. The summed E-state index contributed by atoms with van der Waals surface area (Å²) in [5.41, 5.74) is 3.59. The van der Waals surface area contributed by atoms with E-state index < -0.39 is 0 Å². The lowest BCUT2D eigenvalue weighted by molar-refractivity contribution is -0.123. The topological polar surface area (TPSA) is 81.3 Å². The fraction of sp³-hybridized carbons (Fsp3) is 0.320. The van der Waals surface area contributed by atoms with E-state index >= 15 is 0 Å². The van der Waals surface area contributed by atoms with Gasteiger partial charge in [-0.1, -0.05) is 36.4 Å². The van der Waals surface area contributed by atoms with Crippen LogP contribution < -0.4 is 5.32 Å². The molecule has 1 fully saturated rings. The molecule has 3 aromatic rings. The van der Waals surface area contributed by atoms with E-state index in [9.17, 15) is 9.59 Å². The molecule has 32 heavy (non-hydrogen) atoms. The average Bonchev–Trinajstić information content (AvgIpc) is 3.21. The minimum absolute atomic E-state index is 0.0325. The van der Waals surface area contributed by atoms with Crippen molar-refractivity contribution in [3.8, 4) is 0 Å². The van der Waals surface area contributed by atoms with Gasteiger partial charge in [0.15, 0.2) is 0 Å². The van der Waals surface area contributed by atoms with E-state index in [2.05, 4.69) is 20.4 Å². The van der Waals surface area contributed by atoms with Crippen LogP contribution in [-0.2, 0) is 4.79 Å². The lowest BCUT2D eigenvalue weighted by Crippen LogP contribution is -2.51. The van der Waals surface area contributed by atoms with E-state index in [1.54, 1.807) is 0 Å². The molecule has 2 amide bonds. The monoisotopic (exact) mass is 431 g/mol. The van der Waals surface area contributed by atoms with Crippen molar-refractivity contribution >= 4 is 34.9 Å². The third-order valence-electron chi connectivity index (χ3n) is 5.57. The molecule has 1 saturated heterocycles. The molecule has 0 atom stereocenters. The average molecular weight is 432 g/mol. The molecule has 4 rings (SSSR count). The van der Waals surface area contributed by atoms with E-state index in [4.69, 9.17) is 0 Å². The second-order valence-electron chi connectivity index (χ2n) is 8.40. The number of rotatable bonds is 6. The third-order valence-corrected chi connectivity index (χ3v) is 5.57. The fourth-order valence-electron chi connectivity index (χ4n) is 3.89. The molecule has 2 N–H and O–H groups in total. The zero-order chi connectivity index (χ0) is 22.5. The van der Waals surface area contributed by atoms with Gasteiger partial charge in [-0.25, -0.2) is 0 Å². The Labute approximate surface area is 188 Å². The van der Waals surface area contributed by atoms with E-state index in [0.29, 0.717) is 38.3 Å². The number of carbonyl (C=O) groups excluding carboxylic acids is 2. The molecule has 0 aliphatic carbocycles. The van der Waals surface area contributed by atoms with E-state index in [-0.39, 0.29) is 17.9 Å². The van der Waals surface area contributed by atoms with Gasteiger partial charge in [0.05, 0.1) is 17.8 Å². The molecule has 0 radical (unpaired) electrons. The van der Waals surface area contributed by atoms with Crippen LogP contribution >= 0.6 is 0 Å². The van der Waals surface area contributed by atoms with Crippen molar-refractivity contribution < 1.29 is 9.59 Å². The zero-order valence-electron chi connectivity index (χ0n) is 18.5. The first kappa shape index (κ1) is 21.8. The summed E-state index contributed by atoms with van der Waals surface area (Å²) in [7, 11) is 0. The number of H-pyrrole nitrogens is 1. The maximum atomic E-state index is 12.9. The van der Waals surface area contributed by atoms with Crippen LogP contribution in [0.2, 0.25) is 0 Å². The Hall–Kier alpha value is -3.45. The summed E-state index contributed by atoms with van der Waals surface area (Å²) in [4.78, 5) is 28.8. The third kappa shape index (κ3) is 5.23. The van der Waals surface area contributed by atoms with Gasteiger partial charge in [-0.15, -0.1) is 0 Å². The molecule has 0 bridgehead atoms. The SMILES string of the molecule is CC(C)NC(=O)CN1CCN(C(=O)c2ccc(C=Cc3n[nH]c4ccccc34)cc2)CC1. The number of carbonyl (C=O) groups is 2. The molecule has 0 spiro atoms. The van der Waals surface area contributed by atoms with Crippen molar-refractivity contribution in [2.45, 2.75) is 19.9 Å². The van der Waals surface area contributed by atoms with Gasteiger partial charge in [0.25, 0.3) is 5.91 Å². The summed E-state index contributed by atoms with van der Waals surface area (Å²) in [6.45, 7) is 6.95. The molecule has 0 unspecified atom stereocenters. The summed E-state index contributed by atoms with van der Waals surface area (Å²) in [5.74, 6) is 0.0661. The number of fused-ring (bicyclic) bond motifs is 1. The van der Waals surface area contributed by atoms with Crippen LogP contribution in [0.3, 0.4) is 0 Å². The number of hydrogen-bond donors (Lipinski definition) is 2. The van der Waals surface area contributed by atoms with Crippen LogP contribution in [0, 0.1) is 0 Å². The summed E-state index contributed by atoms with van der Waals surface area (Å²) in [5, 5.41) is 11.4. The van der Waals surface area contributed by atoms with Crippen molar-refractivity contribution in [3.63, 3.8) is 0 Å². The lowest BCUT2D eigenvalue weighted by Gasteiger charge is -2.34. The minimum atomic E-state index is 0.0325. The van der Waals surface area contributed by atoms with Gasteiger partial charge in [0.2, 0.25) is 5.91 Å². The van der Waals surface area contributed by atoms with Gasteiger partial charge in [-0.05, 0) is 43.7 Å². The number of benzene rings is 2. The standard InChI is InChI=1S/C25H29N5O2/c1-18(2)26-24(31)17-29-13-15-30(16-14-29)25(32)20-10-7-19(8-11-20)9-12-23-21-5-3-4-6-22(21)27-28-23/h3-12,18H,13-17H2,1-2H3,(H,26,31)(H,27,28). The van der Waals surface area contributed by atoms with E-state index in [0.717, 1.165) is 22.2 Å². The first-order valence-corrected chi connectivity index (χ1v) is 11.0. The highest BCUT2D eigenvalue weighted by Crippen LogP contribution is 2.18. The molecule has 2 heterocycles. The molecule has 7 nitrogen and oxygen atoms in total. The number of hydrogen-bond acceptors (Lipinski definition) is 4. The van der Waals surface area contributed by atoms with Crippen molar-refractivity contribution in [2.24, 2.45) is 0 Å². The lowest BCUT2D eigenvalue weighted by atomic mass is 10.1. The number of nitrogens with one attached hydrogen (secondary N) is 2. The Balaban J connectivity index is 1.32. The van der Waals surface area contributed by atoms with Crippen molar-refractivity contribution in [1.29, 1.82) is 0 Å². The van der Waals surface area contributed by atoms with Gasteiger partial charge >= 0.3 is 0 Å². The molecular formula is C25H29N5O2. The predicted molar refractivity (Wildman–Crippen MR) is 127 cm³/mol. The van der Waals surface area contributed by atoms with Crippen molar-refractivity contribution in [1.82, 2.24) is 25.3 Å². The van der Waals surface area contributed by atoms with Crippen LogP contribution in [0.15, 0.2) is 48.5 Å². The number of aromatic amines is 1. The largest absolute Gasteiger partial charge is 0.353 e. The van der Waals surface area contributed by atoms with E-state index in [1.165, 1.54) is 0 Å². The molecule has 0 saturated carbocycles. The van der Waals surface area contributed by atoms with E-state index in [1.807, 2.05) is 79.4 Å². The molecule has 7 heteroatoms. The summed E-state index contributed by atoms with van der Waals surface area (Å²) < 4.78 is 0. The molecule has 1 aliphatic heterocycles. The number of aromatic nitrogens is 2. The molecular weight excluding hydrogens is 402 g/mol. The Morgan fingerprint density at radius 2 is 1.75 bits per heavy atom. The van der Waals surface area contributed by atoms with Gasteiger partial charge in [-0.3, -0.25) is 19.6 Å². The van der Waals surface area contributed by atoms with Crippen LogP contribution in [0.4, 0.5) is 0 Å². The first-order valence-electron chi connectivity index (χ1n) is 11.0. The predicted octanol–water partition coefficient (Wildman–Crippen LogP) is 3.02. The normalized spacial score (nSPS) is 15.0. The van der Waals surface area contributed by atoms with Crippen LogP contribution in [0.5, 0.6) is 0 Å². The Kier molecular flexibility index (Phi) is 6.66. The second kappa shape index (κ2) is 9.78. The van der Waals surface area contributed by atoms with Crippen LogP contribution in [-0.4, -0.2) is 70.6 Å². The summed E-state index contributed by atoms with van der Waals surface area (Å²) in [6, 6.07) is 15.8. The Bertz CT molecular complexity index is 1110. The van der Waals surface area contributed by atoms with Gasteiger partial charge in [-0.2, -0.15) is 5.10 Å². The highest BCUT2D eigenvalue weighted by Gasteiger charge is 2.23. The van der Waals surface area contributed by atoms with Gasteiger partial charge in [0, 0.05) is 43.2 Å². The van der Waals surface area contributed by atoms with Crippen molar-refractivity contribution in [3.05, 3.63) is 65.4 Å². The molecule has 1 aromatic heterocycles. The van der Waals surface area contributed by atoms with Crippen LogP contribution in [0.1, 0.15) is 35.5 Å². The Morgan fingerprint density at radius 3 is 2.47 bits per heavy atom. The smallest absolute Gasteiger partial charge is 0.253 e. The summed E-state index contributed by atoms with van der Waals surface area (Å²) in [6.07, 6.45) is 3.97. The minimum Gasteiger partial charge on any atom is -0.353 e. The maximum Gasteiger partial charge on any atom is 0.253 e. The van der Waals surface area contributed by atoms with Crippen LogP contribution in [0.25, 0.3) is 23.1 Å². The number of para-hydroxylation sites is 1. The fourth-order valence-corrected chi connectivity index (χ4v) is 3.89. The first-order chi connectivity index (χ1) is 15.5. The second-order valence-corrected chi connectivity index (χ2v) is 8.40. The van der Waals surface area contributed by atoms with Gasteiger partial charge < -0.3 is 10.2 Å². The maximum absolute atomic E-state index is 12.9. The van der Waals surface area contributed by atoms with Crippen molar-refractivity contribution in [2.75, 3.05) is 32.7 Å². The zero-order valence-corrected chi connectivity index (χ0v) is 18.5. The molecule has 166 valence electrons. The highest BCUT2D eigenvalue weighted by molar-refractivity contribution is 5.95. The highest BCUT2D eigenvalue weighted by atomic mass is 16.2. The summed E-state index contributed by atoms with van der Waals surface area (Å²) >= 11 is 0. The van der Waals surface area contributed by atoms with Gasteiger partial charge in [0.1, 0.15) is 0 Å². The number of amides is 2. The molecule has 2 aromatic carbocycles. The number of piperazine rings is 1. The number of nitrogens with zero attached hydrogens (tertiary/aromatic N) is 3.